The van der Waals surface area contributed by atoms with Gasteiger partial charge in [0.15, 0.2) is 0 Å². The van der Waals surface area contributed by atoms with Gasteiger partial charge in [0, 0.05) is 25.2 Å². The maximum atomic E-state index is 12.3. The van der Waals surface area contributed by atoms with Crippen LogP contribution in [0.5, 0.6) is 0 Å². The maximum Gasteiger partial charge on any atom is 0.271 e. The fourth-order valence-electron chi connectivity index (χ4n) is 2.48. The molecule has 0 spiro atoms. The summed E-state index contributed by atoms with van der Waals surface area (Å²) >= 11 is 0. The van der Waals surface area contributed by atoms with Gasteiger partial charge in [0.1, 0.15) is 11.7 Å². The number of aromatic nitrogens is 1. The summed E-state index contributed by atoms with van der Waals surface area (Å²) in [7, 11) is 1.74. The van der Waals surface area contributed by atoms with Crippen molar-refractivity contribution in [1.82, 2.24) is 15.2 Å². The minimum Gasteiger partial charge on any atom is -0.344 e. The number of rotatable bonds is 2. The van der Waals surface area contributed by atoms with E-state index in [1.54, 1.807) is 18.1 Å². The number of pyridine rings is 1. The monoisotopic (exact) mass is 269 g/mol. The van der Waals surface area contributed by atoms with Gasteiger partial charge in [-0.25, -0.2) is 0 Å². The van der Waals surface area contributed by atoms with E-state index >= 15 is 0 Å². The van der Waals surface area contributed by atoms with Crippen molar-refractivity contribution in [2.45, 2.75) is 12.5 Å². The largest absolute Gasteiger partial charge is 0.344 e. The summed E-state index contributed by atoms with van der Waals surface area (Å²) in [6, 6.07) is 9.01. The van der Waals surface area contributed by atoms with Crippen molar-refractivity contribution >= 4 is 22.6 Å². The fraction of sp³-hybridized carbons (Fsp3) is 0.267. The van der Waals surface area contributed by atoms with Crippen LogP contribution in [-0.4, -0.2) is 41.3 Å². The highest BCUT2D eigenvalue weighted by Gasteiger charge is 2.30. The van der Waals surface area contributed by atoms with Crippen molar-refractivity contribution in [3.8, 4) is 0 Å². The van der Waals surface area contributed by atoms with Crippen LogP contribution < -0.4 is 5.32 Å². The number of benzene rings is 1. The molecule has 5 nitrogen and oxygen atoms in total. The van der Waals surface area contributed by atoms with E-state index in [2.05, 4.69) is 10.3 Å². The van der Waals surface area contributed by atoms with Gasteiger partial charge in [0.05, 0.1) is 0 Å². The van der Waals surface area contributed by atoms with Gasteiger partial charge in [-0.15, -0.1) is 0 Å². The Balaban J connectivity index is 1.88. The van der Waals surface area contributed by atoms with Crippen LogP contribution in [0, 0.1) is 0 Å². The number of likely N-dealkylation sites (N-methyl/N-ethyl adjacent to an activating group) is 1. The summed E-state index contributed by atoms with van der Waals surface area (Å²) < 4.78 is 0. The molecule has 5 heteroatoms. The number of amides is 2. The highest BCUT2D eigenvalue weighted by atomic mass is 16.2. The molecule has 102 valence electrons. The summed E-state index contributed by atoms with van der Waals surface area (Å²) in [6.45, 7) is 0.673. The Morgan fingerprint density at radius 3 is 2.90 bits per heavy atom. The minimum absolute atomic E-state index is 0.0430. The third kappa shape index (κ3) is 2.11. The summed E-state index contributed by atoms with van der Waals surface area (Å²) in [5.74, 6) is -0.339. The second kappa shape index (κ2) is 4.92. The molecule has 0 bridgehead atoms. The van der Waals surface area contributed by atoms with Crippen molar-refractivity contribution in [1.29, 1.82) is 0 Å². The van der Waals surface area contributed by atoms with Crippen LogP contribution in [0.25, 0.3) is 10.8 Å². The molecule has 1 aromatic carbocycles. The van der Waals surface area contributed by atoms with E-state index in [1.165, 1.54) is 0 Å². The van der Waals surface area contributed by atoms with Gasteiger partial charge in [-0.1, -0.05) is 24.3 Å². The van der Waals surface area contributed by atoms with Gasteiger partial charge in [0.25, 0.3) is 5.91 Å². The van der Waals surface area contributed by atoms with Crippen molar-refractivity contribution < 1.29 is 9.59 Å². The van der Waals surface area contributed by atoms with Gasteiger partial charge in [-0.05, 0) is 17.9 Å². The zero-order chi connectivity index (χ0) is 14.1. The molecule has 1 atom stereocenters. The Morgan fingerprint density at radius 1 is 1.35 bits per heavy atom. The standard InChI is InChI=1S/C15H15N3O2/c1-18-9-7-12(15(18)20)17-14(19)13-11-5-3-2-4-10(11)6-8-16-13/h2-6,8,12H,7,9H2,1H3,(H,17,19). The number of hydrogen-bond donors (Lipinski definition) is 1. The van der Waals surface area contributed by atoms with Crippen LogP contribution in [0.2, 0.25) is 0 Å². The van der Waals surface area contributed by atoms with Gasteiger partial charge < -0.3 is 10.2 Å². The predicted molar refractivity (Wildman–Crippen MR) is 75.3 cm³/mol. The first kappa shape index (κ1) is 12.6. The molecule has 3 rings (SSSR count). The Kier molecular flexibility index (Phi) is 3.10. The lowest BCUT2D eigenvalue weighted by Crippen LogP contribution is -2.40. The van der Waals surface area contributed by atoms with Crippen molar-refractivity contribution in [3.05, 3.63) is 42.2 Å². The molecule has 1 aromatic heterocycles. The second-order valence-electron chi connectivity index (χ2n) is 4.96. The molecule has 0 saturated carbocycles. The number of hydrogen-bond acceptors (Lipinski definition) is 3. The maximum absolute atomic E-state index is 12.3. The second-order valence-corrected chi connectivity index (χ2v) is 4.96. The van der Waals surface area contributed by atoms with Crippen LogP contribution in [0.4, 0.5) is 0 Å². The molecule has 1 fully saturated rings. The summed E-state index contributed by atoms with van der Waals surface area (Å²) in [4.78, 5) is 29.9. The predicted octanol–water partition coefficient (Wildman–Crippen LogP) is 1.20. The number of fused-ring (bicyclic) bond motifs is 1. The number of likely N-dealkylation sites (tertiary alicyclic amines) is 1. The summed E-state index contributed by atoms with van der Waals surface area (Å²) in [5.41, 5.74) is 0.366. The van der Waals surface area contributed by atoms with Crippen molar-refractivity contribution in [3.63, 3.8) is 0 Å². The van der Waals surface area contributed by atoms with Gasteiger partial charge >= 0.3 is 0 Å². The Bertz CT molecular complexity index is 678. The topological polar surface area (TPSA) is 62.3 Å². The van der Waals surface area contributed by atoms with E-state index in [-0.39, 0.29) is 11.8 Å². The van der Waals surface area contributed by atoms with Gasteiger partial charge in [0.2, 0.25) is 5.91 Å². The summed E-state index contributed by atoms with van der Waals surface area (Å²) in [5, 5.41) is 4.53. The average Bonchev–Trinajstić information content (AvgIpc) is 2.78. The van der Waals surface area contributed by atoms with E-state index in [0.29, 0.717) is 18.7 Å². The van der Waals surface area contributed by atoms with Crippen LogP contribution in [0.1, 0.15) is 16.9 Å². The van der Waals surface area contributed by atoms with Crippen molar-refractivity contribution in [2.75, 3.05) is 13.6 Å². The Hall–Kier alpha value is -2.43. The molecule has 2 aromatic rings. The molecule has 20 heavy (non-hydrogen) atoms. The molecular formula is C15H15N3O2. The molecule has 0 aliphatic carbocycles. The van der Waals surface area contributed by atoms with Crippen LogP contribution >= 0.6 is 0 Å². The Labute approximate surface area is 116 Å². The first-order valence-electron chi connectivity index (χ1n) is 6.56. The molecule has 1 unspecified atom stereocenters. The van der Waals surface area contributed by atoms with E-state index in [1.807, 2.05) is 30.3 Å². The van der Waals surface area contributed by atoms with Crippen LogP contribution in [0.3, 0.4) is 0 Å². The molecule has 2 amide bonds. The van der Waals surface area contributed by atoms with E-state index in [4.69, 9.17) is 0 Å². The molecule has 1 aliphatic rings. The lowest BCUT2D eigenvalue weighted by Gasteiger charge is -2.12. The minimum atomic E-state index is -0.437. The first-order chi connectivity index (χ1) is 9.66. The third-order valence-corrected chi connectivity index (χ3v) is 3.62. The van der Waals surface area contributed by atoms with Crippen molar-refractivity contribution in [2.24, 2.45) is 0 Å². The molecule has 1 saturated heterocycles. The highest BCUT2D eigenvalue weighted by Crippen LogP contribution is 2.17. The normalized spacial score (nSPS) is 18.6. The van der Waals surface area contributed by atoms with Gasteiger partial charge in [-0.3, -0.25) is 14.6 Å². The van der Waals surface area contributed by atoms with E-state index < -0.39 is 6.04 Å². The Morgan fingerprint density at radius 2 is 2.15 bits per heavy atom. The number of nitrogens with zero attached hydrogens (tertiary/aromatic N) is 2. The number of nitrogens with one attached hydrogen (secondary N) is 1. The molecule has 0 radical (unpaired) electrons. The van der Waals surface area contributed by atoms with E-state index in [0.717, 1.165) is 10.8 Å². The zero-order valence-corrected chi connectivity index (χ0v) is 11.2. The number of carbonyl (C=O) groups is 2. The van der Waals surface area contributed by atoms with E-state index in [9.17, 15) is 9.59 Å². The van der Waals surface area contributed by atoms with Crippen LogP contribution in [0.15, 0.2) is 36.5 Å². The lowest BCUT2D eigenvalue weighted by molar-refractivity contribution is -0.128. The van der Waals surface area contributed by atoms with Crippen LogP contribution in [-0.2, 0) is 4.79 Å². The fourth-order valence-corrected chi connectivity index (χ4v) is 2.48. The third-order valence-electron chi connectivity index (χ3n) is 3.62. The smallest absolute Gasteiger partial charge is 0.271 e. The SMILES string of the molecule is CN1CCC(NC(=O)c2nccc3ccccc23)C1=O. The first-order valence-corrected chi connectivity index (χ1v) is 6.56. The quantitative estimate of drug-likeness (QED) is 0.891. The highest BCUT2D eigenvalue weighted by molar-refractivity contribution is 6.06. The molecule has 1 N–H and O–H groups in total. The average molecular weight is 269 g/mol. The molecule has 2 heterocycles. The lowest BCUT2D eigenvalue weighted by atomic mass is 10.1. The molecule has 1 aliphatic heterocycles. The molecular weight excluding hydrogens is 254 g/mol. The summed E-state index contributed by atoms with van der Waals surface area (Å²) in [6.07, 6.45) is 2.26. The van der Waals surface area contributed by atoms with Gasteiger partial charge in [-0.2, -0.15) is 0 Å². The number of carbonyl (C=O) groups excluding carboxylic acids is 2. The zero-order valence-electron chi connectivity index (χ0n) is 11.2.